The predicted octanol–water partition coefficient (Wildman–Crippen LogP) is 3.57. The highest BCUT2D eigenvalue weighted by atomic mass is 16.5. The van der Waals surface area contributed by atoms with Gasteiger partial charge in [0.25, 0.3) is 0 Å². The predicted molar refractivity (Wildman–Crippen MR) is 94.3 cm³/mol. The van der Waals surface area contributed by atoms with Crippen molar-refractivity contribution in [1.29, 1.82) is 0 Å². The molecule has 0 aliphatic carbocycles. The van der Waals surface area contributed by atoms with Crippen molar-refractivity contribution in [2.75, 3.05) is 28.4 Å². The lowest BCUT2D eigenvalue weighted by Gasteiger charge is -2.19. The maximum atomic E-state index is 5.45. The van der Waals surface area contributed by atoms with Gasteiger partial charge in [0, 0.05) is 18.2 Å². The smallest absolute Gasteiger partial charge is 0.161 e. The lowest BCUT2D eigenvalue weighted by atomic mass is 10.1. The van der Waals surface area contributed by atoms with Crippen LogP contribution in [0.2, 0.25) is 0 Å². The average Bonchev–Trinajstić information content (AvgIpc) is 2.65. The van der Waals surface area contributed by atoms with Gasteiger partial charge in [0.15, 0.2) is 11.5 Å². The standard InChI is InChI=1S/C19H25NO4/c1-13(16-11-15(21-2)7-9-17(16)22-3)20-12-14-6-8-18(23-4)19(10-14)24-5/h6-11,13,20H,12H2,1-5H3/t13-/m0/s1. The van der Waals surface area contributed by atoms with E-state index < -0.39 is 0 Å². The first kappa shape index (κ1) is 17.9. The van der Waals surface area contributed by atoms with Crippen LogP contribution in [-0.4, -0.2) is 28.4 Å². The van der Waals surface area contributed by atoms with Gasteiger partial charge in [0.1, 0.15) is 11.5 Å². The Morgan fingerprint density at radius 2 is 1.46 bits per heavy atom. The summed E-state index contributed by atoms with van der Waals surface area (Å²) in [5.74, 6) is 3.10. The first-order valence-corrected chi connectivity index (χ1v) is 7.79. The number of hydrogen-bond donors (Lipinski definition) is 1. The molecule has 0 aliphatic rings. The minimum Gasteiger partial charge on any atom is -0.497 e. The van der Waals surface area contributed by atoms with E-state index in [4.69, 9.17) is 18.9 Å². The Morgan fingerprint density at radius 3 is 2.08 bits per heavy atom. The Morgan fingerprint density at radius 1 is 0.792 bits per heavy atom. The van der Waals surface area contributed by atoms with Gasteiger partial charge in [-0.3, -0.25) is 0 Å². The van der Waals surface area contributed by atoms with E-state index in [0.29, 0.717) is 6.54 Å². The minimum absolute atomic E-state index is 0.100. The third-order valence-corrected chi connectivity index (χ3v) is 3.96. The highest BCUT2D eigenvalue weighted by molar-refractivity contribution is 5.44. The first-order valence-electron chi connectivity index (χ1n) is 7.79. The highest BCUT2D eigenvalue weighted by Gasteiger charge is 2.13. The Hall–Kier alpha value is -2.40. The molecule has 5 nitrogen and oxygen atoms in total. The van der Waals surface area contributed by atoms with Crippen molar-refractivity contribution in [2.24, 2.45) is 0 Å². The number of benzene rings is 2. The molecule has 2 aromatic rings. The fourth-order valence-electron chi connectivity index (χ4n) is 2.55. The normalized spacial score (nSPS) is 11.7. The Bertz CT molecular complexity index is 672. The summed E-state index contributed by atoms with van der Waals surface area (Å²) in [6.07, 6.45) is 0. The molecule has 2 aromatic carbocycles. The number of hydrogen-bond acceptors (Lipinski definition) is 5. The molecule has 1 N–H and O–H groups in total. The summed E-state index contributed by atoms with van der Waals surface area (Å²) in [6, 6.07) is 11.8. The van der Waals surface area contributed by atoms with Crippen LogP contribution in [0.5, 0.6) is 23.0 Å². The van der Waals surface area contributed by atoms with Crippen LogP contribution in [0.25, 0.3) is 0 Å². The van der Waals surface area contributed by atoms with E-state index in [2.05, 4.69) is 12.2 Å². The molecule has 0 heterocycles. The molecule has 0 saturated heterocycles. The summed E-state index contributed by atoms with van der Waals surface area (Å²) >= 11 is 0. The van der Waals surface area contributed by atoms with E-state index in [0.717, 1.165) is 34.1 Å². The van der Waals surface area contributed by atoms with Gasteiger partial charge in [-0.15, -0.1) is 0 Å². The average molecular weight is 331 g/mol. The Labute approximate surface area is 143 Å². The van der Waals surface area contributed by atoms with Crippen molar-refractivity contribution < 1.29 is 18.9 Å². The topological polar surface area (TPSA) is 49.0 Å². The summed E-state index contributed by atoms with van der Waals surface area (Å²) in [6.45, 7) is 2.79. The second kappa shape index (κ2) is 8.45. The molecule has 5 heteroatoms. The fraction of sp³-hybridized carbons (Fsp3) is 0.368. The largest absolute Gasteiger partial charge is 0.497 e. The van der Waals surface area contributed by atoms with Crippen LogP contribution in [0.4, 0.5) is 0 Å². The van der Waals surface area contributed by atoms with Crippen LogP contribution in [0.1, 0.15) is 24.1 Å². The van der Waals surface area contributed by atoms with E-state index in [1.807, 2.05) is 36.4 Å². The van der Waals surface area contributed by atoms with E-state index in [1.165, 1.54) is 0 Å². The number of rotatable bonds is 8. The van der Waals surface area contributed by atoms with Gasteiger partial charge in [0.05, 0.1) is 28.4 Å². The van der Waals surface area contributed by atoms with Crippen LogP contribution in [0.15, 0.2) is 36.4 Å². The van der Waals surface area contributed by atoms with Gasteiger partial charge in [-0.2, -0.15) is 0 Å². The first-order chi connectivity index (χ1) is 11.6. The lowest BCUT2D eigenvalue weighted by Crippen LogP contribution is -2.18. The molecule has 130 valence electrons. The zero-order valence-corrected chi connectivity index (χ0v) is 14.9. The zero-order chi connectivity index (χ0) is 17.5. The summed E-state index contributed by atoms with van der Waals surface area (Å²) in [5, 5.41) is 3.50. The summed E-state index contributed by atoms with van der Waals surface area (Å²) < 4.78 is 21.4. The minimum atomic E-state index is 0.100. The van der Waals surface area contributed by atoms with Crippen LogP contribution in [0, 0.1) is 0 Å². The maximum Gasteiger partial charge on any atom is 0.161 e. The van der Waals surface area contributed by atoms with Crippen LogP contribution in [0.3, 0.4) is 0 Å². The fourth-order valence-corrected chi connectivity index (χ4v) is 2.55. The van der Waals surface area contributed by atoms with E-state index in [9.17, 15) is 0 Å². The molecule has 0 saturated carbocycles. The number of nitrogens with one attached hydrogen (secondary N) is 1. The molecule has 0 bridgehead atoms. The van der Waals surface area contributed by atoms with Crippen LogP contribution in [-0.2, 0) is 6.54 Å². The molecular formula is C19H25NO4. The van der Waals surface area contributed by atoms with Crippen molar-refractivity contribution >= 4 is 0 Å². The van der Waals surface area contributed by atoms with Crippen molar-refractivity contribution in [3.8, 4) is 23.0 Å². The van der Waals surface area contributed by atoms with Crippen molar-refractivity contribution in [1.82, 2.24) is 5.32 Å². The van der Waals surface area contributed by atoms with Gasteiger partial charge in [-0.1, -0.05) is 6.07 Å². The van der Waals surface area contributed by atoms with Crippen LogP contribution < -0.4 is 24.3 Å². The van der Waals surface area contributed by atoms with Gasteiger partial charge >= 0.3 is 0 Å². The SMILES string of the molecule is COc1ccc(OC)c([C@H](C)NCc2ccc(OC)c(OC)c2)c1. The molecule has 0 aromatic heterocycles. The molecule has 0 spiro atoms. The quantitative estimate of drug-likeness (QED) is 0.801. The summed E-state index contributed by atoms with van der Waals surface area (Å²) in [5.41, 5.74) is 2.17. The molecular weight excluding hydrogens is 306 g/mol. The molecule has 0 radical (unpaired) electrons. The second-order valence-corrected chi connectivity index (χ2v) is 5.40. The van der Waals surface area contributed by atoms with Gasteiger partial charge in [-0.25, -0.2) is 0 Å². The zero-order valence-electron chi connectivity index (χ0n) is 14.9. The lowest BCUT2D eigenvalue weighted by molar-refractivity contribution is 0.354. The molecule has 24 heavy (non-hydrogen) atoms. The third kappa shape index (κ3) is 4.11. The van der Waals surface area contributed by atoms with Gasteiger partial charge in [0.2, 0.25) is 0 Å². The third-order valence-electron chi connectivity index (χ3n) is 3.96. The molecule has 0 aliphatic heterocycles. The Kier molecular flexibility index (Phi) is 6.32. The van der Waals surface area contributed by atoms with Gasteiger partial charge in [-0.05, 0) is 42.8 Å². The van der Waals surface area contributed by atoms with E-state index >= 15 is 0 Å². The van der Waals surface area contributed by atoms with Crippen LogP contribution >= 0.6 is 0 Å². The molecule has 0 unspecified atom stereocenters. The van der Waals surface area contributed by atoms with E-state index in [1.54, 1.807) is 28.4 Å². The van der Waals surface area contributed by atoms with Crippen molar-refractivity contribution in [3.05, 3.63) is 47.5 Å². The van der Waals surface area contributed by atoms with Crippen molar-refractivity contribution in [2.45, 2.75) is 19.5 Å². The summed E-state index contributed by atoms with van der Waals surface area (Å²) in [4.78, 5) is 0. The monoisotopic (exact) mass is 331 g/mol. The summed E-state index contributed by atoms with van der Waals surface area (Å²) in [7, 11) is 6.60. The van der Waals surface area contributed by atoms with E-state index in [-0.39, 0.29) is 6.04 Å². The van der Waals surface area contributed by atoms with Gasteiger partial charge < -0.3 is 24.3 Å². The molecule has 0 fully saturated rings. The highest BCUT2D eigenvalue weighted by Crippen LogP contribution is 2.30. The molecule has 2 rings (SSSR count). The molecule has 0 amide bonds. The van der Waals surface area contributed by atoms with Crippen molar-refractivity contribution in [3.63, 3.8) is 0 Å². The Balaban J connectivity index is 2.12. The second-order valence-electron chi connectivity index (χ2n) is 5.40. The molecule has 1 atom stereocenters. The number of methoxy groups -OCH3 is 4. The number of ether oxygens (including phenoxy) is 4. The maximum absolute atomic E-state index is 5.45.